The molecule has 1 heterocycles. The highest BCUT2D eigenvalue weighted by molar-refractivity contribution is 6.09. The number of carbonyl (C=O) groups is 2. The van der Waals surface area contributed by atoms with Crippen molar-refractivity contribution in [2.24, 2.45) is 10.2 Å². The van der Waals surface area contributed by atoms with Crippen molar-refractivity contribution in [1.29, 1.82) is 0 Å². The van der Waals surface area contributed by atoms with Crippen molar-refractivity contribution in [3.63, 3.8) is 0 Å². The van der Waals surface area contributed by atoms with E-state index in [4.69, 9.17) is 4.74 Å². The van der Waals surface area contributed by atoms with Gasteiger partial charge in [-0.25, -0.2) is 0 Å². The largest absolute Gasteiger partial charge is 0.497 e. The Hall–Kier alpha value is -2.44. The number of hydrogen-bond acceptors (Lipinski definition) is 5. The van der Waals surface area contributed by atoms with Crippen LogP contribution >= 0.6 is 0 Å². The van der Waals surface area contributed by atoms with Crippen LogP contribution in [-0.4, -0.2) is 25.0 Å². The van der Waals surface area contributed by atoms with Gasteiger partial charge in [-0.05, 0) is 24.3 Å². The zero-order valence-electron chi connectivity index (χ0n) is 9.01. The van der Waals surface area contributed by atoms with Crippen LogP contribution in [0.15, 0.2) is 34.5 Å². The smallest absolute Gasteiger partial charge is 0.274 e. The lowest BCUT2D eigenvalue weighted by atomic mass is 10.3. The van der Waals surface area contributed by atoms with Gasteiger partial charge >= 0.3 is 0 Å². The third-order valence-electron chi connectivity index (χ3n) is 2.17. The summed E-state index contributed by atoms with van der Waals surface area (Å²) in [5.41, 5.74) is 4.86. The fraction of sp³-hybridized carbons (Fsp3) is 0.200. The summed E-state index contributed by atoms with van der Waals surface area (Å²) in [5, 5.41) is 7.48. The van der Waals surface area contributed by atoms with Crippen molar-refractivity contribution in [3.05, 3.63) is 24.3 Å². The minimum atomic E-state index is -1.11. The summed E-state index contributed by atoms with van der Waals surface area (Å²) in [6.45, 7) is 0. The van der Waals surface area contributed by atoms with Crippen molar-refractivity contribution in [3.8, 4) is 5.75 Å². The van der Waals surface area contributed by atoms with Gasteiger partial charge in [0.25, 0.3) is 11.8 Å². The van der Waals surface area contributed by atoms with E-state index in [0.717, 1.165) is 0 Å². The maximum atomic E-state index is 11.1. The molecule has 0 saturated carbocycles. The Balaban J connectivity index is 2.09. The highest BCUT2D eigenvalue weighted by Crippen LogP contribution is 2.18. The lowest BCUT2D eigenvalue weighted by molar-refractivity contribution is -0.124. The molecule has 88 valence electrons. The molecule has 2 amide bonds. The molecule has 1 aliphatic rings. The second-order valence-corrected chi connectivity index (χ2v) is 3.29. The van der Waals surface area contributed by atoms with Crippen LogP contribution in [0.1, 0.15) is 0 Å². The molecule has 7 nitrogen and oxygen atoms in total. The van der Waals surface area contributed by atoms with Crippen molar-refractivity contribution < 1.29 is 14.3 Å². The van der Waals surface area contributed by atoms with Gasteiger partial charge in [-0.2, -0.15) is 10.2 Å². The van der Waals surface area contributed by atoms with Crippen LogP contribution in [0, 0.1) is 0 Å². The summed E-state index contributed by atoms with van der Waals surface area (Å²) in [6, 6.07) is 5.66. The quantitative estimate of drug-likeness (QED) is 0.582. The van der Waals surface area contributed by atoms with Crippen molar-refractivity contribution in [1.82, 2.24) is 10.9 Å². The molecule has 1 aromatic carbocycles. The predicted molar refractivity (Wildman–Crippen MR) is 57.6 cm³/mol. The van der Waals surface area contributed by atoms with Gasteiger partial charge in [0.2, 0.25) is 6.04 Å². The van der Waals surface area contributed by atoms with Gasteiger partial charge in [-0.15, -0.1) is 0 Å². The lowest BCUT2D eigenvalue weighted by Gasteiger charge is -1.98. The fourth-order valence-electron chi connectivity index (χ4n) is 1.26. The Kier molecular flexibility index (Phi) is 2.99. The molecular weight excluding hydrogens is 224 g/mol. The molecule has 7 heteroatoms. The molecule has 0 aromatic heterocycles. The second-order valence-electron chi connectivity index (χ2n) is 3.29. The average Bonchev–Trinajstić information content (AvgIpc) is 2.67. The summed E-state index contributed by atoms with van der Waals surface area (Å²) in [7, 11) is 1.56. The van der Waals surface area contributed by atoms with Crippen LogP contribution in [0.4, 0.5) is 5.69 Å². The molecule has 0 unspecified atom stereocenters. The van der Waals surface area contributed by atoms with E-state index in [1.807, 2.05) is 0 Å². The van der Waals surface area contributed by atoms with E-state index < -0.39 is 17.9 Å². The van der Waals surface area contributed by atoms with Crippen LogP contribution in [0.3, 0.4) is 0 Å². The van der Waals surface area contributed by atoms with Gasteiger partial charge in [0.15, 0.2) is 0 Å². The molecule has 1 saturated heterocycles. The first-order valence-corrected chi connectivity index (χ1v) is 4.85. The molecular formula is C10H10N4O3. The van der Waals surface area contributed by atoms with E-state index in [9.17, 15) is 9.59 Å². The number of azo groups is 1. The summed E-state index contributed by atoms with van der Waals surface area (Å²) in [5.74, 6) is -0.320. The number of amides is 2. The van der Waals surface area contributed by atoms with Crippen molar-refractivity contribution in [2.45, 2.75) is 6.04 Å². The van der Waals surface area contributed by atoms with Crippen molar-refractivity contribution >= 4 is 17.5 Å². The summed E-state index contributed by atoms with van der Waals surface area (Å²) in [6.07, 6.45) is 0. The average molecular weight is 234 g/mol. The first-order valence-electron chi connectivity index (χ1n) is 4.85. The summed E-state index contributed by atoms with van der Waals surface area (Å²) < 4.78 is 4.98. The number of ether oxygens (including phenoxy) is 1. The predicted octanol–water partition coefficient (Wildman–Crippen LogP) is 0.308. The van der Waals surface area contributed by atoms with Gasteiger partial charge in [0, 0.05) is 0 Å². The zero-order chi connectivity index (χ0) is 12.3. The fourth-order valence-corrected chi connectivity index (χ4v) is 1.26. The molecule has 0 bridgehead atoms. The maximum absolute atomic E-state index is 11.1. The molecule has 0 radical (unpaired) electrons. The van der Waals surface area contributed by atoms with Crippen LogP contribution in [0.2, 0.25) is 0 Å². The Morgan fingerprint density at radius 3 is 2.24 bits per heavy atom. The lowest BCUT2D eigenvalue weighted by Crippen LogP contribution is -2.28. The van der Waals surface area contributed by atoms with Crippen LogP contribution in [-0.2, 0) is 9.59 Å². The number of hydrogen-bond donors (Lipinski definition) is 2. The van der Waals surface area contributed by atoms with E-state index in [0.29, 0.717) is 11.4 Å². The van der Waals surface area contributed by atoms with Gasteiger partial charge in [-0.1, -0.05) is 0 Å². The van der Waals surface area contributed by atoms with Gasteiger partial charge in [0.05, 0.1) is 12.8 Å². The maximum Gasteiger partial charge on any atom is 0.274 e. The molecule has 2 rings (SSSR count). The number of methoxy groups -OCH3 is 1. The SMILES string of the molecule is COc1ccc(N=NC2C(=O)NNC2=O)cc1. The van der Waals surface area contributed by atoms with Gasteiger partial charge in [0.1, 0.15) is 5.75 Å². The molecule has 0 atom stereocenters. The monoisotopic (exact) mass is 234 g/mol. The zero-order valence-corrected chi connectivity index (χ0v) is 9.01. The normalized spacial score (nSPS) is 16.1. The van der Waals surface area contributed by atoms with E-state index in [1.165, 1.54) is 0 Å². The number of carbonyl (C=O) groups excluding carboxylic acids is 2. The molecule has 0 spiro atoms. The number of benzene rings is 1. The van der Waals surface area contributed by atoms with Crippen LogP contribution in [0.25, 0.3) is 0 Å². The van der Waals surface area contributed by atoms with E-state index in [-0.39, 0.29) is 0 Å². The van der Waals surface area contributed by atoms with E-state index in [2.05, 4.69) is 21.1 Å². The van der Waals surface area contributed by atoms with Gasteiger partial charge < -0.3 is 4.74 Å². The Morgan fingerprint density at radius 2 is 1.71 bits per heavy atom. The molecule has 1 aliphatic heterocycles. The van der Waals surface area contributed by atoms with Crippen molar-refractivity contribution in [2.75, 3.05) is 7.11 Å². The minimum Gasteiger partial charge on any atom is -0.497 e. The van der Waals surface area contributed by atoms with Crippen LogP contribution < -0.4 is 15.6 Å². The number of rotatable bonds is 3. The Bertz CT molecular complexity index is 453. The third-order valence-corrected chi connectivity index (χ3v) is 2.17. The molecule has 1 aromatic rings. The number of nitrogens with zero attached hydrogens (tertiary/aromatic N) is 2. The number of hydrazine groups is 1. The molecule has 2 N–H and O–H groups in total. The second kappa shape index (κ2) is 4.60. The Labute approximate surface area is 96.8 Å². The minimum absolute atomic E-state index is 0.507. The highest BCUT2D eigenvalue weighted by atomic mass is 16.5. The van der Waals surface area contributed by atoms with Gasteiger partial charge in [-0.3, -0.25) is 20.4 Å². The third kappa shape index (κ3) is 2.39. The van der Waals surface area contributed by atoms with E-state index in [1.54, 1.807) is 31.4 Å². The standard InChI is InChI=1S/C10H10N4O3/c1-17-7-4-2-6(3-5-7)11-12-8-9(15)13-14-10(8)16/h2-5,8H,1H3,(H,13,15)(H,14,16). The molecule has 17 heavy (non-hydrogen) atoms. The Morgan fingerprint density at radius 1 is 1.12 bits per heavy atom. The van der Waals surface area contributed by atoms with E-state index >= 15 is 0 Å². The summed E-state index contributed by atoms with van der Waals surface area (Å²) in [4.78, 5) is 22.3. The first-order chi connectivity index (χ1) is 8.20. The van der Waals surface area contributed by atoms with Crippen LogP contribution in [0.5, 0.6) is 5.75 Å². The number of nitrogens with one attached hydrogen (secondary N) is 2. The first kappa shape index (κ1) is 11.1. The highest BCUT2D eigenvalue weighted by Gasteiger charge is 2.32. The molecule has 1 fully saturated rings. The topological polar surface area (TPSA) is 92.2 Å². The molecule has 0 aliphatic carbocycles. The summed E-state index contributed by atoms with van der Waals surface area (Å²) >= 11 is 0.